The van der Waals surface area contributed by atoms with Gasteiger partial charge in [-0.25, -0.2) is 0 Å². The van der Waals surface area contributed by atoms with Crippen LogP contribution in [0.3, 0.4) is 0 Å². The van der Waals surface area contributed by atoms with Gasteiger partial charge in [0.15, 0.2) is 0 Å². The zero-order valence-electron chi connectivity index (χ0n) is 11.0. The van der Waals surface area contributed by atoms with E-state index in [0.29, 0.717) is 16.3 Å². The zero-order valence-corrected chi connectivity index (χ0v) is 12.6. The van der Waals surface area contributed by atoms with Crippen LogP contribution >= 0.6 is 23.4 Å². The number of carbonyl (C=O) groups is 1. The highest BCUT2D eigenvalue weighted by Gasteiger charge is 2.06. The first kappa shape index (κ1) is 14.8. The maximum absolute atomic E-state index is 11.1. The van der Waals surface area contributed by atoms with Crippen LogP contribution < -0.4 is 11.5 Å². The van der Waals surface area contributed by atoms with Gasteiger partial charge < -0.3 is 11.5 Å². The second kappa shape index (κ2) is 6.20. The molecule has 0 aromatic heterocycles. The van der Waals surface area contributed by atoms with E-state index in [9.17, 15) is 4.79 Å². The van der Waals surface area contributed by atoms with Crippen molar-refractivity contribution in [2.24, 2.45) is 5.73 Å². The summed E-state index contributed by atoms with van der Waals surface area (Å²) in [5.74, 6) is 0.366. The first-order chi connectivity index (χ1) is 9.47. The minimum atomic E-state index is -0.408. The standard InChI is InChI=1S/C15H15ClN2OS/c1-9-6-10(15(18)19)2-3-11(9)8-20-14-5-4-12(16)7-13(14)17/h2-7H,8,17H2,1H3,(H2,18,19). The number of thioether (sulfide) groups is 1. The van der Waals surface area contributed by atoms with Crippen LogP contribution in [-0.2, 0) is 5.75 Å². The smallest absolute Gasteiger partial charge is 0.248 e. The number of amides is 1. The molecule has 0 saturated carbocycles. The SMILES string of the molecule is Cc1cc(C(N)=O)ccc1CSc1ccc(Cl)cc1N. The van der Waals surface area contributed by atoms with Crippen LogP contribution in [0.25, 0.3) is 0 Å². The summed E-state index contributed by atoms with van der Waals surface area (Å²) >= 11 is 7.51. The Morgan fingerprint density at radius 2 is 2.00 bits per heavy atom. The number of aryl methyl sites for hydroxylation is 1. The van der Waals surface area contributed by atoms with Crippen molar-refractivity contribution in [3.63, 3.8) is 0 Å². The van der Waals surface area contributed by atoms with Gasteiger partial charge in [-0.1, -0.05) is 17.7 Å². The number of rotatable bonds is 4. The summed E-state index contributed by atoms with van der Waals surface area (Å²) in [7, 11) is 0. The highest BCUT2D eigenvalue weighted by atomic mass is 35.5. The monoisotopic (exact) mass is 306 g/mol. The van der Waals surface area contributed by atoms with Crippen LogP contribution in [0.2, 0.25) is 5.02 Å². The number of nitrogen functional groups attached to an aromatic ring is 1. The highest BCUT2D eigenvalue weighted by molar-refractivity contribution is 7.98. The zero-order chi connectivity index (χ0) is 14.7. The van der Waals surface area contributed by atoms with Crippen molar-refractivity contribution in [2.45, 2.75) is 17.6 Å². The molecule has 0 aliphatic heterocycles. The maximum Gasteiger partial charge on any atom is 0.248 e. The summed E-state index contributed by atoms with van der Waals surface area (Å²) in [5.41, 5.74) is 14.6. The van der Waals surface area contributed by atoms with Gasteiger partial charge in [0.25, 0.3) is 0 Å². The maximum atomic E-state index is 11.1. The number of hydrogen-bond donors (Lipinski definition) is 2. The second-order valence-corrected chi connectivity index (χ2v) is 5.93. The van der Waals surface area contributed by atoms with E-state index in [1.165, 1.54) is 0 Å². The molecule has 2 aromatic carbocycles. The number of halogens is 1. The van der Waals surface area contributed by atoms with Crippen LogP contribution in [0.4, 0.5) is 5.69 Å². The van der Waals surface area contributed by atoms with Crippen molar-refractivity contribution >= 4 is 35.0 Å². The fourth-order valence-electron chi connectivity index (χ4n) is 1.82. The molecule has 20 heavy (non-hydrogen) atoms. The Balaban J connectivity index is 2.13. The summed E-state index contributed by atoms with van der Waals surface area (Å²) in [4.78, 5) is 12.1. The average Bonchev–Trinajstić information content (AvgIpc) is 2.38. The fourth-order valence-corrected chi connectivity index (χ4v) is 3.02. The van der Waals surface area contributed by atoms with E-state index in [4.69, 9.17) is 23.1 Å². The van der Waals surface area contributed by atoms with Crippen LogP contribution in [0.1, 0.15) is 21.5 Å². The number of benzene rings is 2. The Bertz CT molecular complexity index is 658. The Morgan fingerprint density at radius 3 is 2.60 bits per heavy atom. The lowest BCUT2D eigenvalue weighted by Gasteiger charge is -2.09. The summed E-state index contributed by atoms with van der Waals surface area (Å²) in [6, 6.07) is 11.0. The molecule has 2 rings (SSSR count). The Morgan fingerprint density at radius 1 is 1.25 bits per heavy atom. The molecule has 104 valence electrons. The first-order valence-corrected chi connectivity index (χ1v) is 7.41. The third kappa shape index (κ3) is 3.46. The van der Waals surface area contributed by atoms with Gasteiger partial charge in [-0.05, 0) is 48.4 Å². The lowest BCUT2D eigenvalue weighted by atomic mass is 10.1. The molecule has 3 nitrogen and oxygen atoms in total. The number of anilines is 1. The van der Waals surface area contributed by atoms with E-state index < -0.39 is 5.91 Å². The molecule has 0 radical (unpaired) electrons. The average molecular weight is 307 g/mol. The minimum Gasteiger partial charge on any atom is -0.398 e. The van der Waals surface area contributed by atoms with E-state index in [1.807, 2.05) is 31.2 Å². The van der Waals surface area contributed by atoms with Crippen molar-refractivity contribution in [3.05, 3.63) is 58.1 Å². The quantitative estimate of drug-likeness (QED) is 0.669. The summed E-state index contributed by atoms with van der Waals surface area (Å²) in [5, 5.41) is 0.633. The molecule has 0 unspecified atom stereocenters. The molecule has 0 aliphatic carbocycles. The van der Waals surface area contributed by atoms with E-state index in [2.05, 4.69) is 0 Å². The van der Waals surface area contributed by atoms with Gasteiger partial charge in [0.2, 0.25) is 5.91 Å². The first-order valence-electron chi connectivity index (χ1n) is 6.04. The normalized spacial score (nSPS) is 10.5. The number of hydrogen-bond acceptors (Lipinski definition) is 3. The van der Waals surface area contributed by atoms with Gasteiger partial charge >= 0.3 is 0 Å². The van der Waals surface area contributed by atoms with E-state index in [-0.39, 0.29) is 0 Å². The van der Waals surface area contributed by atoms with Crippen LogP contribution in [0.15, 0.2) is 41.3 Å². The van der Waals surface area contributed by atoms with Gasteiger partial charge in [-0.2, -0.15) is 0 Å². The summed E-state index contributed by atoms with van der Waals surface area (Å²) in [6.07, 6.45) is 0. The number of carbonyl (C=O) groups excluding carboxylic acids is 1. The third-order valence-corrected chi connectivity index (χ3v) is 4.36. The van der Waals surface area contributed by atoms with E-state index >= 15 is 0 Å². The molecule has 1 amide bonds. The van der Waals surface area contributed by atoms with Crippen molar-refractivity contribution in [1.82, 2.24) is 0 Å². The second-order valence-electron chi connectivity index (χ2n) is 4.48. The van der Waals surface area contributed by atoms with Gasteiger partial charge in [0.05, 0.1) is 0 Å². The Kier molecular flexibility index (Phi) is 4.57. The molecular weight excluding hydrogens is 292 g/mol. The van der Waals surface area contributed by atoms with Gasteiger partial charge in [-0.15, -0.1) is 11.8 Å². The lowest BCUT2D eigenvalue weighted by molar-refractivity contribution is 0.1000. The predicted octanol–water partition coefficient (Wildman–Crippen LogP) is 3.62. The molecule has 0 heterocycles. The van der Waals surface area contributed by atoms with Gasteiger partial charge in [0, 0.05) is 26.9 Å². The molecule has 0 bridgehead atoms. The summed E-state index contributed by atoms with van der Waals surface area (Å²) in [6.45, 7) is 1.97. The molecular formula is C15H15ClN2OS. The molecule has 0 atom stereocenters. The van der Waals surface area contributed by atoms with Crippen LogP contribution in [0.5, 0.6) is 0 Å². The van der Waals surface area contributed by atoms with Crippen LogP contribution in [0, 0.1) is 6.92 Å². The molecule has 0 aliphatic rings. The van der Waals surface area contributed by atoms with Gasteiger partial charge in [-0.3, -0.25) is 4.79 Å². The molecule has 0 spiro atoms. The number of nitrogens with two attached hydrogens (primary N) is 2. The molecule has 4 N–H and O–H groups in total. The van der Waals surface area contributed by atoms with E-state index in [1.54, 1.807) is 23.9 Å². The molecule has 0 fully saturated rings. The summed E-state index contributed by atoms with van der Waals surface area (Å²) < 4.78 is 0. The van der Waals surface area contributed by atoms with Gasteiger partial charge in [0.1, 0.15) is 0 Å². The largest absolute Gasteiger partial charge is 0.398 e. The van der Waals surface area contributed by atoms with Crippen molar-refractivity contribution in [2.75, 3.05) is 5.73 Å². The fraction of sp³-hybridized carbons (Fsp3) is 0.133. The lowest BCUT2D eigenvalue weighted by Crippen LogP contribution is -2.11. The van der Waals surface area contributed by atoms with Crippen LogP contribution in [-0.4, -0.2) is 5.91 Å². The Hall–Kier alpha value is -1.65. The molecule has 2 aromatic rings. The van der Waals surface area contributed by atoms with Crippen molar-refractivity contribution in [1.29, 1.82) is 0 Å². The Labute approximate surface area is 127 Å². The minimum absolute atomic E-state index is 0.408. The molecule has 5 heteroatoms. The predicted molar refractivity (Wildman–Crippen MR) is 85.1 cm³/mol. The topological polar surface area (TPSA) is 69.1 Å². The van der Waals surface area contributed by atoms with Crippen molar-refractivity contribution in [3.8, 4) is 0 Å². The highest BCUT2D eigenvalue weighted by Crippen LogP contribution is 2.31. The van der Waals surface area contributed by atoms with E-state index in [0.717, 1.165) is 21.8 Å². The molecule has 0 saturated heterocycles. The third-order valence-electron chi connectivity index (χ3n) is 2.98. The van der Waals surface area contributed by atoms with Crippen molar-refractivity contribution < 1.29 is 4.79 Å². The number of primary amides is 1.